The summed E-state index contributed by atoms with van der Waals surface area (Å²) in [4.78, 5) is 12.3. The maximum absolute atomic E-state index is 12.2. The van der Waals surface area contributed by atoms with Gasteiger partial charge in [-0.3, -0.25) is 4.79 Å². The van der Waals surface area contributed by atoms with E-state index in [1.165, 1.54) is 12.1 Å². The van der Waals surface area contributed by atoms with E-state index in [1.807, 2.05) is 0 Å². The van der Waals surface area contributed by atoms with Crippen molar-refractivity contribution in [1.82, 2.24) is 0 Å². The van der Waals surface area contributed by atoms with Crippen LogP contribution in [0.2, 0.25) is 0 Å². The fourth-order valence-corrected chi connectivity index (χ4v) is 2.81. The van der Waals surface area contributed by atoms with Crippen LogP contribution in [0.5, 0.6) is 0 Å². The second-order valence-electron chi connectivity index (χ2n) is 4.49. The number of halogens is 1. The number of amides is 1. The van der Waals surface area contributed by atoms with Crippen LogP contribution in [0.25, 0.3) is 0 Å². The Kier molecular flexibility index (Phi) is 4.34. The highest BCUT2D eigenvalue weighted by molar-refractivity contribution is 9.10. The second-order valence-corrected chi connectivity index (χ2v) is 7.36. The summed E-state index contributed by atoms with van der Waals surface area (Å²) < 4.78 is 23.6. The molecule has 3 N–H and O–H groups in total. The molecule has 0 saturated heterocycles. The summed E-state index contributed by atoms with van der Waals surface area (Å²) in [6.07, 6.45) is 1.11. The lowest BCUT2D eigenvalue weighted by atomic mass is 10.2. The summed E-state index contributed by atoms with van der Waals surface area (Å²) in [5.74, 6) is -0.375. The number of benzene rings is 2. The Morgan fingerprint density at radius 1 is 1.19 bits per heavy atom. The summed E-state index contributed by atoms with van der Waals surface area (Å²) >= 11 is 3.28. The maximum Gasteiger partial charge on any atom is 0.256 e. The van der Waals surface area contributed by atoms with Crippen molar-refractivity contribution in [2.24, 2.45) is 0 Å². The molecular formula is C14H13BrN2O3S. The van der Waals surface area contributed by atoms with Crippen molar-refractivity contribution in [2.75, 3.05) is 17.3 Å². The van der Waals surface area contributed by atoms with Gasteiger partial charge in [0.1, 0.15) is 0 Å². The van der Waals surface area contributed by atoms with Gasteiger partial charge in [0.2, 0.25) is 0 Å². The molecule has 0 atom stereocenters. The Balaban J connectivity index is 2.30. The number of hydrogen-bond donors (Lipinski definition) is 2. The molecular weight excluding hydrogens is 356 g/mol. The molecule has 0 aliphatic heterocycles. The van der Waals surface area contributed by atoms with Crippen LogP contribution in [0.1, 0.15) is 10.4 Å². The lowest BCUT2D eigenvalue weighted by Crippen LogP contribution is -2.13. The molecule has 0 aromatic heterocycles. The van der Waals surface area contributed by atoms with Gasteiger partial charge in [0.25, 0.3) is 5.91 Å². The highest BCUT2D eigenvalue weighted by Gasteiger charge is 2.12. The van der Waals surface area contributed by atoms with Crippen LogP contribution in [0, 0.1) is 0 Å². The van der Waals surface area contributed by atoms with Gasteiger partial charge in [-0.25, -0.2) is 8.42 Å². The minimum atomic E-state index is -3.32. The van der Waals surface area contributed by atoms with E-state index in [1.54, 1.807) is 30.3 Å². The van der Waals surface area contributed by atoms with E-state index >= 15 is 0 Å². The first-order chi connectivity index (χ1) is 9.77. The summed E-state index contributed by atoms with van der Waals surface area (Å²) in [7, 11) is -3.32. The van der Waals surface area contributed by atoms with Crippen molar-refractivity contribution in [3.8, 4) is 0 Å². The highest BCUT2D eigenvalue weighted by atomic mass is 79.9. The largest absolute Gasteiger partial charge is 0.399 e. The van der Waals surface area contributed by atoms with Crippen molar-refractivity contribution in [3.63, 3.8) is 0 Å². The number of carbonyl (C=O) groups excluding carboxylic acids is 1. The molecule has 0 spiro atoms. The maximum atomic E-state index is 12.2. The molecule has 0 heterocycles. The first kappa shape index (κ1) is 15.5. The molecule has 2 aromatic carbocycles. The van der Waals surface area contributed by atoms with Crippen LogP contribution < -0.4 is 11.1 Å². The molecule has 1 amide bonds. The van der Waals surface area contributed by atoms with Gasteiger partial charge < -0.3 is 11.1 Å². The molecule has 110 valence electrons. The Morgan fingerprint density at radius 2 is 1.90 bits per heavy atom. The zero-order chi connectivity index (χ0) is 15.6. The normalized spacial score (nSPS) is 11.1. The van der Waals surface area contributed by atoms with E-state index in [-0.39, 0.29) is 10.8 Å². The summed E-state index contributed by atoms with van der Waals surface area (Å²) in [6, 6.07) is 11.0. The van der Waals surface area contributed by atoms with Crippen molar-refractivity contribution in [1.29, 1.82) is 0 Å². The molecule has 0 bridgehead atoms. The van der Waals surface area contributed by atoms with Gasteiger partial charge in [0.05, 0.1) is 10.5 Å². The molecule has 7 heteroatoms. The molecule has 0 fully saturated rings. The molecule has 0 aliphatic carbocycles. The van der Waals surface area contributed by atoms with E-state index < -0.39 is 9.84 Å². The third kappa shape index (κ3) is 3.83. The highest BCUT2D eigenvalue weighted by Crippen LogP contribution is 2.22. The Morgan fingerprint density at radius 3 is 2.57 bits per heavy atom. The molecule has 21 heavy (non-hydrogen) atoms. The Bertz CT molecular complexity index is 804. The van der Waals surface area contributed by atoms with Crippen molar-refractivity contribution >= 4 is 43.0 Å². The van der Waals surface area contributed by atoms with E-state index in [9.17, 15) is 13.2 Å². The van der Waals surface area contributed by atoms with Crippen LogP contribution >= 0.6 is 15.9 Å². The summed E-state index contributed by atoms with van der Waals surface area (Å²) in [5, 5.41) is 2.65. The summed E-state index contributed by atoms with van der Waals surface area (Å²) in [5.41, 5.74) is 6.90. The Hall–Kier alpha value is -1.86. The zero-order valence-electron chi connectivity index (χ0n) is 11.1. The predicted octanol–water partition coefficient (Wildman–Crippen LogP) is 2.69. The predicted molar refractivity (Wildman–Crippen MR) is 86.1 cm³/mol. The van der Waals surface area contributed by atoms with E-state index in [2.05, 4.69) is 21.2 Å². The zero-order valence-corrected chi connectivity index (χ0v) is 13.5. The number of nitrogen functional groups attached to an aromatic ring is 1. The van der Waals surface area contributed by atoms with Gasteiger partial charge in [-0.15, -0.1) is 0 Å². The van der Waals surface area contributed by atoms with Crippen molar-refractivity contribution in [3.05, 3.63) is 52.5 Å². The lowest BCUT2D eigenvalue weighted by molar-refractivity contribution is 0.102. The van der Waals surface area contributed by atoms with Crippen LogP contribution in [0.15, 0.2) is 51.8 Å². The van der Waals surface area contributed by atoms with Crippen LogP contribution in [-0.2, 0) is 9.84 Å². The van der Waals surface area contributed by atoms with Crippen LogP contribution in [0.4, 0.5) is 11.4 Å². The first-order valence-corrected chi connectivity index (χ1v) is 8.62. The summed E-state index contributed by atoms with van der Waals surface area (Å²) in [6.45, 7) is 0. The number of carbonyl (C=O) groups is 1. The number of anilines is 2. The average Bonchev–Trinajstić information content (AvgIpc) is 2.41. The molecule has 0 radical (unpaired) electrons. The molecule has 0 aliphatic rings. The average molecular weight is 369 g/mol. The van der Waals surface area contributed by atoms with E-state index in [0.29, 0.717) is 21.4 Å². The molecule has 2 rings (SSSR count). The monoisotopic (exact) mass is 368 g/mol. The topological polar surface area (TPSA) is 89.3 Å². The van der Waals surface area contributed by atoms with Gasteiger partial charge in [-0.1, -0.05) is 6.07 Å². The third-order valence-corrected chi connectivity index (χ3v) is 4.56. The number of rotatable bonds is 3. The van der Waals surface area contributed by atoms with Gasteiger partial charge in [-0.05, 0) is 52.3 Å². The lowest BCUT2D eigenvalue weighted by Gasteiger charge is -2.08. The molecule has 0 saturated carbocycles. The first-order valence-electron chi connectivity index (χ1n) is 5.94. The van der Waals surface area contributed by atoms with Gasteiger partial charge >= 0.3 is 0 Å². The van der Waals surface area contributed by atoms with Gasteiger partial charge in [0, 0.05) is 22.1 Å². The fourth-order valence-electron chi connectivity index (χ4n) is 1.72. The second kappa shape index (κ2) is 5.87. The van der Waals surface area contributed by atoms with Gasteiger partial charge in [0.15, 0.2) is 9.84 Å². The SMILES string of the molecule is CS(=O)(=O)c1cccc(NC(=O)c2cc(N)ccc2Br)c1. The molecule has 5 nitrogen and oxygen atoms in total. The number of hydrogen-bond acceptors (Lipinski definition) is 4. The standard InChI is InChI=1S/C14H13BrN2O3S/c1-21(19,20)11-4-2-3-10(8-11)17-14(18)12-7-9(16)5-6-13(12)15/h2-8H,16H2,1H3,(H,17,18). The number of nitrogens with one attached hydrogen (secondary N) is 1. The molecule has 2 aromatic rings. The number of sulfone groups is 1. The molecule has 0 unspecified atom stereocenters. The van der Waals surface area contributed by atoms with Crippen molar-refractivity contribution in [2.45, 2.75) is 4.90 Å². The number of nitrogens with two attached hydrogens (primary N) is 1. The Labute approximate surface area is 131 Å². The van der Waals surface area contributed by atoms with E-state index in [0.717, 1.165) is 6.26 Å². The van der Waals surface area contributed by atoms with Crippen molar-refractivity contribution < 1.29 is 13.2 Å². The van der Waals surface area contributed by atoms with Crippen LogP contribution in [0.3, 0.4) is 0 Å². The smallest absolute Gasteiger partial charge is 0.256 e. The fraction of sp³-hybridized carbons (Fsp3) is 0.0714. The van der Waals surface area contributed by atoms with Gasteiger partial charge in [-0.2, -0.15) is 0 Å². The minimum Gasteiger partial charge on any atom is -0.399 e. The minimum absolute atomic E-state index is 0.145. The van der Waals surface area contributed by atoms with E-state index in [4.69, 9.17) is 5.73 Å². The van der Waals surface area contributed by atoms with Crippen LogP contribution in [-0.4, -0.2) is 20.6 Å². The quantitative estimate of drug-likeness (QED) is 0.815. The third-order valence-electron chi connectivity index (χ3n) is 2.76.